The van der Waals surface area contributed by atoms with Crippen LogP contribution in [0.25, 0.3) is 0 Å². The Bertz CT molecular complexity index is 2810. The summed E-state index contributed by atoms with van der Waals surface area (Å²) in [5, 5.41) is 23.3. The standard InChI is InChI=1S/C56H66N6O11/c1-35-20-36(2)23-40(22-35)33-72-50-26-42-10-11-61-39(5)29-56(67,31-49(61)46(42)28-51(50)73-34-41-24-37(3)21-38(4)25-41)30-43-32-60(59-58-43)12-13-68-14-15-69-16-17-70-18-19-71-44-6-7-45-47(27-44)55(66)62(54(45)65)48-8-9-52(63)57-53(48)64/h6-7,20-28,32,39,48-49,67H,8-19,29-31,33-34H2,1-5H3,(H,57,63,64). The fourth-order valence-electron chi connectivity index (χ4n) is 10.9. The van der Waals surface area contributed by atoms with Gasteiger partial charge in [-0.25, -0.2) is 4.68 Å². The summed E-state index contributed by atoms with van der Waals surface area (Å²) in [6.45, 7) is 15.2. The van der Waals surface area contributed by atoms with Gasteiger partial charge in [-0.15, -0.1) is 5.10 Å². The Labute approximate surface area is 426 Å². The molecule has 73 heavy (non-hydrogen) atoms. The summed E-state index contributed by atoms with van der Waals surface area (Å²) < 4.78 is 37.8. The molecule has 4 atom stereocenters. The van der Waals surface area contributed by atoms with E-state index in [-0.39, 0.29) is 49.3 Å². The second-order valence-electron chi connectivity index (χ2n) is 20.0. The number of piperidine rings is 2. The minimum atomic E-state index is -1.03. The molecule has 5 heterocycles. The van der Waals surface area contributed by atoms with Crippen molar-refractivity contribution in [3.63, 3.8) is 0 Å². The first kappa shape index (κ1) is 51.4. The third kappa shape index (κ3) is 12.5. The van der Waals surface area contributed by atoms with Gasteiger partial charge < -0.3 is 33.5 Å². The molecule has 2 N–H and O–H groups in total. The normalized spacial score (nSPS) is 20.7. The molecule has 4 aromatic carbocycles. The Morgan fingerprint density at radius 2 is 1.30 bits per heavy atom. The summed E-state index contributed by atoms with van der Waals surface area (Å²) in [5.41, 5.74) is 9.49. The maximum atomic E-state index is 13.1. The van der Waals surface area contributed by atoms with E-state index in [0.29, 0.717) is 83.6 Å². The quantitative estimate of drug-likeness (QED) is 0.0584. The molecule has 9 rings (SSSR count). The number of hydrogen-bond acceptors (Lipinski definition) is 14. The number of benzene rings is 4. The van der Waals surface area contributed by atoms with Crippen LogP contribution in [0.3, 0.4) is 0 Å². The van der Waals surface area contributed by atoms with Crippen LogP contribution in [0, 0.1) is 27.7 Å². The van der Waals surface area contributed by atoms with E-state index in [9.17, 15) is 24.3 Å². The number of carbonyl (C=O) groups is 4. The third-order valence-corrected chi connectivity index (χ3v) is 14.0. The van der Waals surface area contributed by atoms with Gasteiger partial charge in [-0.3, -0.25) is 34.3 Å². The predicted molar refractivity (Wildman–Crippen MR) is 269 cm³/mol. The van der Waals surface area contributed by atoms with Crippen LogP contribution < -0.4 is 19.5 Å². The van der Waals surface area contributed by atoms with Crippen LogP contribution in [0.1, 0.15) is 110 Å². The van der Waals surface area contributed by atoms with E-state index in [1.165, 1.54) is 45.5 Å². The summed E-state index contributed by atoms with van der Waals surface area (Å²) in [6, 6.07) is 21.0. The Kier molecular flexibility index (Phi) is 16.0. The highest BCUT2D eigenvalue weighted by Crippen LogP contribution is 2.47. The number of aromatic nitrogens is 3. The molecule has 0 spiro atoms. The second-order valence-corrected chi connectivity index (χ2v) is 20.0. The molecule has 4 unspecified atom stereocenters. The molecule has 0 radical (unpaired) electrons. The topological polar surface area (TPSA) is 193 Å². The molecule has 0 saturated carbocycles. The highest BCUT2D eigenvalue weighted by molar-refractivity contribution is 6.23. The molecule has 2 saturated heterocycles. The summed E-state index contributed by atoms with van der Waals surface area (Å²) in [5.74, 6) is -0.419. The summed E-state index contributed by atoms with van der Waals surface area (Å²) in [4.78, 5) is 53.3. The van der Waals surface area contributed by atoms with Gasteiger partial charge in [0.05, 0.1) is 68.6 Å². The molecular formula is C56H66N6O11. The zero-order valence-electron chi connectivity index (χ0n) is 42.4. The van der Waals surface area contributed by atoms with Gasteiger partial charge in [0.15, 0.2) is 11.5 Å². The number of nitrogens with zero attached hydrogens (tertiary/aromatic N) is 5. The monoisotopic (exact) mass is 998 g/mol. The van der Waals surface area contributed by atoms with E-state index in [1.807, 2.05) is 6.20 Å². The van der Waals surface area contributed by atoms with Gasteiger partial charge in [0.1, 0.15) is 31.6 Å². The maximum Gasteiger partial charge on any atom is 0.262 e. The van der Waals surface area contributed by atoms with Crippen LogP contribution in [-0.2, 0) is 56.4 Å². The fraction of sp³-hybridized carbons (Fsp3) is 0.464. The van der Waals surface area contributed by atoms with E-state index in [1.54, 1.807) is 10.7 Å². The number of rotatable bonds is 22. The van der Waals surface area contributed by atoms with Crippen LogP contribution in [0.4, 0.5) is 0 Å². The number of fused-ring (bicyclic) bond motifs is 4. The van der Waals surface area contributed by atoms with Gasteiger partial charge in [0.25, 0.3) is 11.8 Å². The summed E-state index contributed by atoms with van der Waals surface area (Å²) in [7, 11) is 0. The average molecular weight is 999 g/mol. The first-order valence-corrected chi connectivity index (χ1v) is 25.3. The Morgan fingerprint density at radius 3 is 1.96 bits per heavy atom. The van der Waals surface area contributed by atoms with Crippen LogP contribution in [0.5, 0.6) is 17.2 Å². The van der Waals surface area contributed by atoms with Crippen molar-refractivity contribution in [2.24, 2.45) is 0 Å². The molecule has 1 aromatic heterocycles. The zero-order valence-corrected chi connectivity index (χ0v) is 42.4. The molecule has 17 nitrogen and oxygen atoms in total. The molecule has 386 valence electrons. The van der Waals surface area contributed by atoms with Crippen molar-refractivity contribution in [2.75, 3.05) is 52.8 Å². The zero-order chi connectivity index (χ0) is 51.2. The number of carbonyl (C=O) groups excluding carboxylic acids is 4. The van der Waals surface area contributed by atoms with E-state index in [0.717, 1.165) is 40.4 Å². The number of hydrogen-bond donors (Lipinski definition) is 2. The maximum absolute atomic E-state index is 13.1. The van der Waals surface area contributed by atoms with E-state index in [2.05, 4.69) is 104 Å². The minimum absolute atomic E-state index is 0.00466. The van der Waals surface area contributed by atoms with E-state index >= 15 is 0 Å². The molecule has 5 aromatic rings. The van der Waals surface area contributed by atoms with Gasteiger partial charge in [-0.05, 0) is 113 Å². The van der Waals surface area contributed by atoms with Crippen molar-refractivity contribution in [1.29, 1.82) is 0 Å². The molecular weight excluding hydrogens is 933 g/mol. The Hall–Kier alpha value is -6.50. The van der Waals surface area contributed by atoms with Crippen LogP contribution in [-0.4, -0.2) is 124 Å². The third-order valence-electron chi connectivity index (χ3n) is 14.0. The molecule has 0 aliphatic carbocycles. The minimum Gasteiger partial charge on any atom is -0.491 e. The summed E-state index contributed by atoms with van der Waals surface area (Å²) >= 11 is 0. The Balaban J connectivity index is 0.704. The number of imide groups is 2. The number of ether oxygens (including phenoxy) is 6. The van der Waals surface area contributed by atoms with Gasteiger partial charge in [-0.1, -0.05) is 63.9 Å². The van der Waals surface area contributed by atoms with Crippen molar-refractivity contribution >= 4 is 23.6 Å². The highest BCUT2D eigenvalue weighted by Gasteiger charge is 2.46. The van der Waals surface area contributed by atoms with E-state index in [4.69, 9.17) is 28.4 Å². The largest absolute Gasteiger partial charge is 0.491 e. The second kappa shape index (κ2) is 22.7. The molecule has 17 heteroatoms. The van der Waals surface area contributed by atoms with Crippen molar-refractivity contribution in [3.8, 4) is 17.2 Å². The number of aryl methyl sites for hydroxylation is 4. The van der Waals surface area contributed by atoms with Gasteiger partial charge in [0, 0.05) is 37.7 Å². The summed E-state index contributed by atoms with van der Waals surface area (Å²) in [6.07, 6.45) is 4.49. The van der Waals surface area contributed by atoms with E-state index < -0.39 is 35.3 Å². The molecule has 4 aliphatic rings. The Morgan fingerprint density at radius 1 is 0.685 bits per heavy atom. The lowest BCUT2D eigenvalue weighted by molar-refractivity contribution is -0.136. The van der Waals surface area contributed by atoms with Gasteiger partial charge in [0.2, 0.25) is 11.8 Å². The van der Waals surface area contributed by atoms with Gasteiger partial charge >= 0.3 is 0 Å². The van der Waals surface area contributed by atoms with Crippen molar-refractivity contribution < 1.29 is 52.7 Å². The number of amides is 4. The molecule has 2 fully saturated rings. The molecule has 0 bridgehead atoms. The lowest BCUT2D eigenvalue weighted by Crippen LogP contribution is -2.54. The van der Waals surface area contributed by atoms with Crippen LogP contribution >= 0.6 is 0 Å². The van der Waals surface area contributed by atoms with Crippen molar-refractivity contribution in [3.05, 3.63) is 134 Å². The van der Waals surface area contributed by atoms with Crippen LogP contribution in [0.2, 0.25) is 0 Å². The smallest absolute Gasteiger partial charge is 0.262 e. The lowest BCUT2D eigenvalue weighted by Gasteiger charge is -2.50. The SMILES string of the molecule is Cc1cc(C)cc(COc2cc3c(cc2OCc2cc(C)cc(C)c2)C2CC(O)(Cc4cn(CCOCCOCCOCCOc5ccc6c(c5)C(=O)N(C5CCC(=O)NC5=O)C6=O)nn4)CC(C)N2CC3)c1. The van der Waals surface area contributed by atoms with Gasteiger partial charge in [-0.2, -0.15) is 0 Å². The number of nitrogens with one attached hydrogen (secondary N) is 1. The fourth-order valence-corrected chi connectivity index (χ4v) is 10.9. The molecule has 4 amide bonds. The predicted octanol–water partition coefficient (Wildman–Crippen LogP) is 6.26. The van der Waals surface area contributed by atoms with Crippen LogP contribution in [0.15, 0.2) is 72.9 Å². The molecule has 4 aliphatic heterocycles. The lowest BCUT2D eigenvalue weighted by atomic mass is 9.75. The highest BCUT2D eigenvalue weighted by atomic mass is 16.6. The first-order chi connectivity index (χ1) is 35.2. The first-order valence-electron chi connectivity index (χ1n) is 25.3. The van der Waals surface area contributed by atoms with Crippen molar-refractivity contribution in [1.82, 2.24) is 30.1 Å². The number of aliphatic hydroxyl groups is 1. The van der Waals surface area contributed by atoms with Crippen molar-refractivity contribution in [2.45, 2.75) is 117 Å². The average Bonchev–Trinajstić information content (AvgIpc) is 3.88.